The van der Waals surface area contributed by atoms with Crippen LogP contribution in [0.4, 0.5) is 0 Å². The second-order valence-corrected chi connectivity index (χ2v) is 8.34. The van der Waals surface area contributed by atoms with E-state index < -0.39 is 29.7 Å². The number of Topliss-reactive ketones (excluding diaryl/α,β-unsaturated/α-hetero) is 1. The van der Waals surface area contributed by atoms with Gasteiger partial charge in [-0.15, -0.1) is 0 Å². The molecule has 176 valence electrons. The van der Waals surface area contributed by atoms with E-state index in [9.17, 15) is 14.4 Å². The maximum Gasteiger partial charge on any atom is 0.336 e. The highest BCUT2D eigenvalue weighted by atomic mass is 16.5. The molecule has 1 aliphatic heterocycles. The zero-order valence-electron chi connectivity index (χ0n) is 19.6. The Labute approximate surface area is 198 Å². The summed E-state index contributed by atoms with van der Waals surface area (Å²) in [5.41, 5.74) is 3.68. The fourth-order valence-electron chi connectivity index (χ4n) is 4.96. The van der Waals surface area contributed by atoms with Gasteiger partial charge in [-0.25, -0.2) is 4.79 Å². The number of carbonyl (C=O) groups excluding carboxylic acids is 3. The molecule has 1 N–H and O–H groups in total. The van der Waals surface area contributed by atoms with Crippen LogP contribution in [0.3, 0.4) is 0 Å². The first-order valence-electron chi connectivity index (χ1n) is 11.0. The molecule has 1 heterocycles. The number of carbonyl (C=O) groups is 3. The largest absolute Gasteiger partial charge is 0.497 e. The number of esters is 2. The van der Waals surface area contributed by atoms with Gasteiger partial charge in [0.15, 0.2) is 5.78 Å². The van der Waals surface area contributed by atoms with E-state index in [1.54, 1.807) is 26.2 Å². The molecule has 0 unspecified atom stereocenters. The van der Waals surface area contributed by atoms with Crippen molar-refractivity contribution >= 4 is 17.7 Å². The third kappa shape index (κ3) is 3.98. The molecular weight excluding hydrogens is 434 g/mol. The van der Waals surface area contributed by atoms with E-state index in [0.29, 0.717) is 34.7 Å². The molecule has 0 spiro atoms. The highest BCUT2D eigenvalue weighted by Gasteiger charge is 2.48. The van der Waals surface area contributed by atoms with E-state index in [2.05, 4.69) is 5.32 Å². The standard InChI is InChI=1S/C27H27NO6/c1-15-21(26(30)33-3)22(17-8-6-5-7-9-17)24-20(28-15)14-19(23(25(24)29)27(31)34-4)16-10-12-18(32-2)13-11-16/h5-13,19,22-23,28H,14H2,1-4H3/t19-,22+,23+/m1/s1. The number of dihydropyridines is 1. The Balaban J connectivity index is 1.88. The monoisotopic (exact) mass is 461 g/mol. The lowest BCUT2D eigenvalue weighted by atomic mass is 9.67. The summed E-state index contributed by atoms with van der Waals surface area (Å²) < 4.78 is 15.4. The first-order valence-corrected chi connectivity index (χ1v) is 11.0. The Morgan fingerprint density at radius 2 is 1.59 bits per heavy atom. The van der Waals surface area contributed by atoms with Crippen molar-refractivity contribution in [3.05, 3.63) is 88.3 Å². The Hall–Kier alpha value is -3.87. The summed E-state index contributed by atoms with van der Waals surface area (Å²) in [6, 6.07) is 16.6. The Morgan fingerprint density at radius 3 is 2.18 bits per heavy atom. The minimum Gasteiger partial charge on any atom is -0.497 e. The summed E-state index contributed by atoms with van der Waals surface area (Å²) in [6.45, 7) is 1.80. The average Bonchev–Trinajstić information content (AvgIpc) is 2.87. The average molecular weight is 462 g/mol. The van der Waals surface area contributed by atoms with Crippen molar-refractivity contribution in [1.29, 1.82) is 0 Å². The fraction of sp³-hybridized carbons (Fsp3) is 0.296. The van der Waals surface area contributed by atoms with Crippen molar-refractivity contribution in [2.24, 2.45) is 5.92 Å². The van der Waals surface area contributed by atoms with Crippen molar-refractivity contribution in [2.75, 3.05) is 21.3 Å². The van der Waals surface area contributed by atoms with E-state index >= 15 is 0 Å². The molecule has 0 aromatic heterocycles. The van der Waals surface area contributed by atoms with Crippen LogP contribution >= 0.6 is 0 Å². The van der Waals surface area contributed by atoms with Gasteiger partial charge in [-0.3, -0.25) is 9.59 Å². The van der Waals surface area contributed by atoms with E-state index in [0.717, 1.165) is 11.1 Å². The maximum atomic E-state index is 14.0. The van der Waals surface area contributed by atoms with Crippen LogP contribution in [-0.2, 0) is 23.9 Å². The quantitative estimate of drug-likeness (QED) is 0.537. The minimum atomic E-state index is -1.04. The number of hydrogen-bond donors (Lipinski definition) is 1. The van der Waals surface area contributed by atoms with Gasteiger partial charge in [-0.1, -0.05) is 42.5 Å². The summed E-state index contributed by atoms with van der Waals surface area (Å²) in [5, 5.41) is 3.27. The van der Waals surface area contributed by atoms with Crippen LogP contribution in [0.2, 0.25) is 0 Å². The summed E-state index contributed by atoms with van der Waals surface area (Å²) in [4.78, 5) is 39.7. The van der Waals surface area contributed by atoms with Gasteiger partial charge in [-0.05, 0) is 36.6 Å². The second kappa shape index (κ2) is 9.55. The van der Waals surface area contributed by atoms with Crippen LogP contribution < -0.4 is 10.1 Å². The molecule has 0 amide bonds. The van der Waals surface area contributed by atoms with Crippen LogP contribution in [0, 0.1) is 5.92 Å². The number of rotatable bonds is 5. The van der Waals surface area contributed by atoms with Gasteiger partial charge < -0.3 is 19.5 Å². The first-order chi connectivity index (χ1) is 16.4. The molecule has 34 heavy (non-hydrogen) atoms. The van der Waals surface area contributed by atoms with E-state index in [1.165, 1.54) is 14.2 Å². The number of methoxy groups -OCH3 is 3. The lowest BCUT2D eigenvalue weighted by molar-refractivity contribution is -0.150. The number of hydrogen-bond acceptors (Lipinski definition) is 7. The maximum absolute atomic E-state index is 14.0. The number of ketones is 1. The van der Waals surface area contributed by atoms with Crippen molar-refractivity contribution in [2.45, 2.75) is 25.2 Å². The molecule has 1 aliphatic carbocycles. The summed E-state index contributed by atoms with van der Waals surface area (Å²) in [7, 11) is 4.17. The molecule has 4 rings (SSSR count). The van der Waals surface area contributed by atoms with E-state index in [1.807, 2.05) is 42.5 Å². The highest BCUT2D eigenvalue weighted by Crippen LogP contribution is 2.48. The molecule has 2 aliphatic rings. The summed E-state index contributed by atoms with van der Waals surface area (Å²) >= 11 is 0. The molecule has 0 bridgehead atoms. The zero-order valence-corrected chi connectivity index (χ0v) is 19.6. The van der Waals surface area contributed by atoms with Crippen molar-refractivity contribution < 1.29 is 28.6 Å². The van der Waals surface area contributed by atoms with Crippen molar-refractivity contribution in [3.63, 3.8) is 0 Å². The zero-order chi connectivity index (χ0) is 24.4. The van der Waals surface area contributed by atoms with Gasteiger partial charge in [-0.2, -0.15) is 0 Å². The van der Waals surface area contributed by atoms with E-state index in [-0.39, 0.29) is 5.78 Å². The normalized spacial score (nSPS) is 22.0. The second-order valence-electron chi connectivity index (χ2n) is 8.34. The van der Waals surface area contributed by atoms with Gasteiger partial charge in [0, 0.05) is 28.8 Å². The molecule has 0 fully saturated rings. The minimum absolute atomic E-state index is 0.354. The molecule has 7 heteroatoms. The summed E-state index contributed by atoms with van der Waals surface area (Å²) in [5.74, 6) is -2.92. The molecule has 0 saturated carbocycles. The van der Waals surface area contributed by atoms with Crippen LogP contribution in [0.15, 0.2) is 77.1 Å². The molecule has 3 atom stereocenters. The number of nitrogens with one attached hydrogen (secondary N) is 1. The van der Waals surface area contributed by atoms with Crippen molar-refractivity contribution in [1.82, 2.24) is 5.32 Å². The molecular formula is C27H27NO6. The predicted molar refractivity (Wildman–Crippen MR) is 125 cm³/mol. The molecule has 0 saturated heterocycles. The molecule has 2 aromatic carbocycles. The Morgan fingerprint density at radius 1 is 0.912 bits per heavy atom. The third-order valence-electron chi connectivity index (χ3n) is 6.56. The predicted octanol–water partition coefficient (Wildman–Crippen LogP) is 3.63. The number of allylic oxidation sites excluding steroid dienone is 3. The van der Waals surface area contributed by atoms with Crippen LogP contribution in [-0.4, -0.2) is 39.1 Å². The van der Waals surface area contributed by atoms with Gasteiger partial charge in [0.2, 0.25) is 0 Å². The van der Waals surface area contributed by atoms with Gasteiger partial charge >= 0.3 is 11.9 Å². The van der Waals surface area contributed by atoms with Crippen LogP contribution in [0.5, 0.6) is 5.75 Å². The third-order valence-corrected chi connectivity index (χ3v) is 6.56. The van der Waals surface area contributed by atoms with Gasteiger partial charge in [0.05, 0.1) is 26.9 Å². The fourth-order valence-corrected chi connectivity index (χ4v) is 4.96. The lowest BCUT2D eigenvalue weighted by Crippen LogP contribution is -2.43. The lowest BCUT2D eigenvalue weighted by Gasteiger charge is -2.39. The SMILES string of the molecule is COC(=O)C1=C(C)NC2=C(C(=O)[C@@H](C(=O)OC)[C@@H](c3ccc(OC)cc3)C2)[C@H]1c1ccccc1. The summed E-state index contributed by atoms with van der Waals surface area (Å²) in [6.07, 6.45) is 0.405. The number of benzene rings is 2. The number of ether oxygens (including phenoxy) is 3. The first kappa shape index (κ1) is 23.3. The van der Waals surface area contributed by atoms with Crippen molar-refractivity contribution in [3.8, 4) is 5.75 Å². The Bertz CT molecular complexity index is 1180. The van der Waals surface area contributed by atoms with E-state index in [4.69, 9.17) is 14.2 Å². The molecule has 0 radical (unpaired) electrons. The van der Waals surface area contributed by atoms with Crippen LogP contribution in [0.1, 0.15) is 36.3 Å². The topological polar surface area (TPSA) is 90.9 Å². The Kier molecular flexibility index (Phi) is 6.54. The van der Waals surface area contributed by atoms with Gasteiger partial charge in [0.1, 0.15) is 11.7 Å². The molecule has 7 nitrogen and oxygen atoms in total. The van der Waals surface area contributed by atoms with Gasteiger partial charge in [0.25, 0.3) is 0 Å². The smallest absolute Gasteiger partial charge is 0.336 e. The molecule has 2 aromatic rings. The highest BCUT2D eigenvalue weighted by molar-refractivity contribution is 6.13. The van der Waals surface area contributed by atoms with Crippen LogP contribution in [0.25, 0.3) is 0 Å².